The van der Waals surface area contributed by atoms with E-state index < -0.39 is 0 Å². The predicted molar refractivity (Wildman–Crippen MR) is 83.5 cm³/mol. The van der Waals surface area contributed by atoms with Gasteiger partial charge in [0.1, 0.15) is 12.6 Å². The minimum atomic E-state index is -0.0953. The Balaban J connectivity index is 1.95. The molecule has 1 aliphatic rings. The van der Waals surface area contributed by atoms with Crippen molar-refractivity contribution in [2.24, 2.45) is 5.92 Å². The number of fused-ring (bicyclic) bond motifs is 1. The number of anilines is 1. The van der Waals surface area contributed by atoms with Gasteiger partial charge in [-0.05, 0) is 31.6 Å². The molecule has 2 N–H and O–H groups in total. The first-order valence-electron chi connectivity index (χ1n) is 7.89. The Hall–Kier alpha value is -1.89. The zero-order chi connectivity index (χ0) is 15.5. The van der Waals surface area contributed by atoms with Gasteiger partial charge in [-0.25, -0.2) is 9.97 Å². The maximum atomic E-state index is 5.92. The lowest BCUT2D eigenvalue weighted by Crippen LogP contribution is -2.20. The number of aromatic nitrogens is 4. The summed E-state index contributed by atoms with van der Waals surface area (Å²) >= 11 is 0. The van der Waals surface area contributed by atoms with Crippen LogP contribution in [-0.2, 0) is 4.74 Å². The highest BCUT2D eigenvalue weighted by Gasteiger charge is 2.25. The van der Waals surface area contributed by atoms with Crippen molar-refractivity contribution in [2.45, 2.75) is 45.8 Å². The second-order valence-electron chi connectivity index (χ2n) is 6.05. The summed E-state index contributed by atoms with van der Waals surface area (Å²) in [6, 6.07) is 0.523. The van der Waals surface area contributed by atoms with Gasteiger partial charge in [0.05, 0.1) is 6.61 Å². The lowest BCUT2D eigenvalue weighted by atomic mass is 10.1. The second-order valence-corrected chi connectivity index (χ2v) is 6.05. The second kappa shape index (κ2) is 6.48. The summed E-state index contributed by atoms with van der Waals surface area (Å²) in [7, 11) is 0. The van der Waals surface area contributed by atoms with E-state index in [4.69, 9.17) is 15.2 Å². The average Bonchev–Trinajstić information content (AvgIpc) is 2.88. The molecule has 0 aliphatic carbocycles. The minimum Gasteiger partial charge on any atom is -0.465 e. The molecule has 3 heterocycles. The van der Waals surface area contributed by atoms with Crippen LogP contribution in [0.4, 0.5) is 5.82 Å². The third kappa shape index (κ3) is 2.99. The van der Waals surface area contributed by atoms with Crippen LogP contribution in [0.5, 0.6) is 6.01 Å². The van der Waals surface area contributed by atoms with Gasteiger partial charge in [-0.2, -0.15) is 4.98 Å². The molecule has 22 heavy (non-hydrogen) atoms. The Morgan fingerprint density at radius 2 is 2.27 bits per heavy atom. The van der Waals surface area contributed by atoms with Gasteiger partial charge in [0.25, 0.3) is 0 Å². The number of hydrogen-bond acceptors (Lipinski definition) is 6. The average molecular weight is 305 g/mol. The van der Waals surface area contributed by atoms with Crippen LogP contribution in [-0.4, -0.2) is 32.7 Å². The number of ether oxygens (including phenoxy) is 2. The molecule has 0 amide bonds. The van der Waals surface area contributed by atoms with Crippen LogP contribution in [0.15, 0.2) is 6.33 Å². The molecule has 0 saturated carbocycles. The number of nitrogen functional groups attached to an aromatic ring is 1. The summed E-state index contributed by atoms with van der Waals surface area (Å²) < 4.78 is 13.7. The van der Waals surface area contributed by atoms with Crippen LogP contribution in [0.3, 0.4) is 0 Å². The molecular weight excluding hydrogens is 282 g/mol. The summed E-state index contributed by atoms with van der Waals surface area (Å²) in [5.41, 5.74) is 7.18. The van der Waals surface area contributed by atoms with E-state index in [1.807, 2.05) is 4.57 Å². The summed E-state index contributed by atoms with van der Waals surface area (Å²) in [5, 5.41) is 0. The Labute approximate surface area is 129 Å². The summed E-state index contributed by atoms with van der Waals surface area (Å²) in [4.78, 5) is 12.8. The normalized spacial score (nSPS) is 19.0. The molecule has 0 unspecified atom stereocenters. The number of hydrogen-bond donors (Lipinski definition) is 1. The molecule has 120 valence electrons. The van der Waals surface area contributed by atoms with E-state index in [1.54, 1.807) is 0 Å². The monoisotopic (exact) mass is 305 g/mol. The molecule has 2 aromatic heterocycles. The van der Waals surface area contributed by atoms with Crippen molar-refractivity contribution >= 4 is 17.0 Å². The van der Waals surface area contributed by atoms with Crippen molar-refractivity contribution in [3.8, 4) is 6.01 Å². The van der Waals surface area contributed by atoms with Gasteiger partial charge < -0.3 is 15.2 Å². The Morgan fingerprint density at radius 3 is 3.00 bits per heavy atom. The molecule has 1 saturated heterocycles. The lowest BCUT2D eigenvalue weighted by Gasteiger charge is -2.25. The third-order valence-corrected chi connectivity index (χ3v) is 3.84. The van der Waals surface area contributed by atoms with E-state index in [1.165, 1.54) is 6.33 Å². The van der Waals surface area contributed by atoms with Crippen molar-refractivity contribution in [3.05, 3.63) is 6.33 Å². The van der Waals surface area contributed by atoms with Gasteiger partial charge in [0.2, 0.25) is 0 Å². The standard InChI is InChI=1S/C15H23N5O2/c1-10(2)6-8-22-15-19-12-13(16)17-9-18-14(12)20(15)11-5-3-4-7-21-11/h9-11H,3-8H2,1-2H3,(H2,16,17,18)/t11-/m1/s1. The maximum absolute atomic E-state index is 5.92. The van der Waals surface area contributed by atoms with Crippen molar-refractivity contribution in [1.29, 1.82) is 0 Å². The van der Waals surface area contributed by atoms with Crippen LogP contribution in [0.1, 0.15) is 45.8 Å². The van der Waals surface area contributed by atoms with Crippen LogP contribution < -0.4 is 10.5 Å². The molecule has 7 heteroatoms. The highest BCUT2D eigenvalue weighted by molar-refractivity contribution is 5.82. The Kier molecular flexibility index (Phi) is 4.42. The fraction of sp³-hybridized carbons (Fsp3) is 0.667. The lowest BCUT2D eigenvalue weighted by molar-refractivity contribution is -0.0343. The zero-order valence-corrected chi connectivity index (χ0v) is 13.2. The van der Waals surface area contributed by atoms with Crippen molar-refractivity contribution in [2.75, 3.05) is 18.9 Å². The van der Waals surface area contributed by atoms with E-state index in [-0.39, 0.29) is 6.23 Å². The molecule has 1 fully saturated rings. The van der Waals surface area contributed by atoms with Crippen molar-refractivity contribution in [3.63, 3.8) is 0 Å². The van der Waals surface area contributed by atoms with E-state index in [0.717, 1.165) is 32.3 Å². The predicted octanol–water partition coefficient (Wildman–Crippen LogP) is 2.53. The fourth-order valence-electron chi connectivity index (χ4n) is 2.58. The molecule has 7 nitrogen and oxygen atoms in total. The van der Waals surface area contributed by atoms with Gasteiger partial charge in [-0.1, -0.05) is 13.8 Å². The third-order valence-electron chi connectivity index (χ3n) is 3.84. The molecule has 0 radical (unpaired) electrons. The van der Waals surface area contributed by atoms with Crippen molar-refractivity contribution in [1.82, 2.24) is 19.5 Å². The molecule has 0 bridgehead atoms. The highest BCUT2D eigenvalue weighted by atomic mass is 16.5. The molecule has 3 rings (SSSR count). The van der Waals surface area contributed by atoms with Gasteiger partial charge in [-0.15, -0.1) is 0 Å². The van der Waals surface area contributed by atoms with E-state index in [0.29, 0.717) is 35.5 Å². The summed E-state index contributed by atoms with van der Waals surface area (Å²) in [6.07, 6.45) is 5.46. The molecule has 1 aliphatic heterocycles. The van der Waals surface area contributed by atoms with Crippen LogP contribution in [0, 0.1) is 5.92 Å². The van der Waals surface area contributed by atoms with Gasteiger partial charge >= 0.3 is 6.01 Å². The SMILES string of the molecule is CC(C)CCOc1nc2c(N)ncnc2n1[C@H]1CCCCO1. The largest absolute Gasteiger partial charge is 0.465 e. The first-order valence-corrected chi connectivity index (χ1v) is 7.89. The van der Waals surface area contributed by atoms with E-state index in [2.05, 4.69) is 28.8 Å². The van der Waals surface area contributed by atoms with Crippen LogP contribution >= 0.6 is 0 Å². The highest BCUT2D eigenvalue weighted by Crippen LogP contribution is 2.32. The molecule has 0 aromatic carbocycles. The topological polar surface area (TPSA) is 88.1 Å². The van der Waals surface area contributed by atoms with Gasteiger partial charge in [0, 0.05) is 6.61 Å². The first kappa shape index (κ1) is 15.0. The first-order chi connectivity index (χ1) is 10.7. The summed E-state index contributed by atoms with van der Waals surface area (Å²) in [6.45, 7) is 5.69. The molecule has 0 spiro atoms. The van der Waals surface area contributed by atoms with Gasteiger partial charge in [-0.3, -0.25) is 4.57 Å². The molecular formula is C15H23N5O2. The number of imidazole rings is 1. The van der Waals surface area contributed by atoms with Crippen LogP contribution in [0.25, 0.3) is 11.2 Å². The quantitative estimate of drug-likeness (QED) is 0.913. The van der Waals surface area contributed by atoms with E-state index in [9.17, 15) is 0 Å². The maximum Gasteiger partial charge on any atom is 0.300 e. The number of nitrogens with two attached hydrogens (primary N) is 1. The zero-order valence-electron chi connectivity index (χ0n) is 13.2. The number of nitrogens with zero attached hydrogens (tertiary/aromatic N) is 4. The molecule has 1 atom stereocenters. The fourth-order valence-corrected chi connectivity index (χ4v) is 2.58. The number of rotatable bonds is 5. The molecule has 2 aromatic rings. The Bertz CT molecular complexity index is 634. The van der Waals surface area contributed by atoms with Gasteiger partial charge in [0.15, 0.2) is 17.0 Å². The summed E-state index contributed by atoms with van der Waals surface area (Å²) in [5.74, 6) is 0.946. The van der Waals surface area contributed by atoms with E-state index >= 15 is 0 Å². The smallest absolute Gasteiger partial charge is 0.300 e. The van der Waals surface area contributed by atoms with Crippen molar-refractivity contribution < 1.29 is 9.47 Å². The Morgan fingerprint density at radius 1 is 1.41 bits per heavy atom. The van der Waals surface area contributed by atoms with Crippen LogP contribution in [0.2, 0.25) is 0 Å². The minimum absolute atomic E-state index is 0.0953.